The first-order valence-corrected chi connectivity index (χ1v) is 39.6. The van der Waals surface area contributed by atoms with Crippen molar-refractivity contribution < 1.29 is 0 Å². The quantitative estimate of drug-likeness (QED) is 0.0878. The molecule has 0 aliphatic heterocycles. The summed E-state index contributed by atoms with van der Waals surface area (Å²) in [6.07, 6.45) is 6.71. The average Bonchev–Trinajstić information content (AvgIpc) is 2.84. The SMILES string of the molecule is C#C[Si](Cl)(Cl)C[Si](Cl)(Cl)C#N.CN=C[Si](Cl)(Cl)C(C=NC(C)(C)C)[Si](Cl)(Cl)C=NC(C)(C)C.CN=C[Si](Cl)(Cl)C[Si](Cl)(Cl)C=NC(C)(C)C. The van der Waals surface area contributed by atoms with E-state index in [1.54, 1.807) is 49.4 Å². The van der Waals surface area contributed by atoms with Gasteiger partial charge in [-0.05, 0) is 62.3 Å². The maximum atomic E-state index is 8.44. The van der Waals surface area contributed by atoms with E-state index in [1.807, 2.05) is 62.3 Å². The van der Waals surface area contributed by atoms with Crippen molar-refractivity contribution in [2.45, 2.75) is 95.4 Å². The van der Waals surface area contributed by atoms with Crippen LogP contribution in [0.5, 0.6) is 0 Å². The maximum Gasteiger partial charge on any atom is 0.357 e. The van der Waals surface area contributed by atoms with E-state index >= 15 is 0 Å². The Morgan fingerprint density at radius 1 is 0.571 bits per heavy atom. The van der Waals surface area contributed by atoms with Crippen molar-refractivity contribution >= 4 is 203 Å². The van der Waals surface area contributed by atoms with Gasteiger partial charge in [-0.1, -0.05) is 5.54 Å². The Hall–Kier alpha value is 2.18. The Balaban J connectivity index is -0.000000688. The van der Waals surface area contributed by atoms with E-state index in [-0.39, 0.29) is 22.3 Å². The molecule has 0 saturated heterocycles. The monoisotopic (exact) mass is 1020 g/mol. The van der Waals surface area contributed by atoms with Crippen LogP contribution in [0.4, 0.5) is 0 Å². The first kappa shape index (κ1) is 55.5. The van der Waals surface area contributed by atoms with Crippen LogP contribution in [0.1, 0.15) is 62.3 Å². The lowest BCUT2D eigenvalue weighted by atomic mass is 10.1. The van der Waals surface area contributed by atoms with E-state index in [9.17, 15) is 0 Å². The zero-order valence-corrected chi connectivity index (χ0v) is 44.2. The topological polar surface area (TPSA) is 85.6 Å². The van der Waals surface area contributed by atoms with E-state index < -0.39 is 45.3 Å². The number of halogens is 12. The minimum absolute atomic E-state index is 0.0826. The van der Waals surface area contributed by atoms with Gasteiger partial charge in [0, 0.05) is 60.2 Å². The van der Waals surface area contributed by atoms with Crippen LogP contribution < -0.4 is 0 Å². The van der Waals surface area contributed by atoms with E-state index in [1.165, 1.54) is 0 Å². The zero-order chi connectivity index (χ0) is 40.0. The number of nitriles is 1. The van der Waals surface area contributed by atoms with E-state index in [0.29, 0.717) is 5.67 Å². The van der Waals surface area contributed by atoms with E-state index in [0.717, 1.165) is 0 Å². The summed E-state index contributed by atoms with van der Waals surface area (Å²) in [6, 6.07) is 0. The molecule has 0 spiro atoms. The number of nitrogens with zero attached hydrogens (tertiary/aromatic N) is 6. The zero-order valence-electron chi connectivity index (χ0n) is 29.2. The first-order chi connectivity index (χ1) is 21.4. The Morgan fingerprint density at radius 2 is 0.939 bits per heavy atom. The van der Waals surface area contributed by atoms with Crippen molar-refractivity contribution in [3.05, 3.63) is 0 Å². The smallest absolute Gasteiger partial charge is 0.303 e. The van der Waals surface area contributed by atoms with Crippen molar-refractivity contribution in [3.8, 4) is 17.7 Å². The Kier molecular flexibility index (Phi) is 25.7. The molecule has 0 bridgehead atoms. The fourth-order valence-electron chi connectivity index (χ4n) is 2.62. The summed E-state index contributed by atoms with van der Waals surface area (Å²) in [7, 11) is 3.25. The maximum absolute atomic E-state index is 8.44. The summed E-state index contributed by atoms with van der Waals surface area (Å²) in [6.45, 7) is 0.904. The third-order valence-electron chi connectivity index (χ3n) is 4.61. The molecular weight excluding hydrogens is 978 g/mol. The highest BCUT2D eigenvalue weighted by atomic mass is 35.7. The minimum Gasteiger partial charge on any atom is -0.303 e. The third kappa shape index (κ3) is 32.2. The largest absolute Gasteiger partial charge is 0.357 e. The Bertz CT molecular complexity index is 1230. The molecule has 0 aliphatic rings. The summed E-state index contributed by atoms with van der Waals surface area (Å²) in [5, 5.41) is 7.99. The Labute approximate surface area is 356 Å². The van der Waals surface area contributed by atoms with E-state index in [4.69, 9.17) is 145 Å². The summed E-state index contributed by atoms with van der Waals surface area (Å²) in [4.78, 5) is 21.0. The molecule has 0 N–H and O–H groups in total. The molecule has 0 radical (unpaired) electrons. The molecule has 0 aromatic heterocycles. The second-order valence-corrected chi connectivity index (χ2v) is 55.0. The van der Waals surface area contributed by atoms with Crippen molar-refractivity contribution in [1.29, 1.82) is 5.26 Å². The molecule has 1 atom stereocenters. The summed E-state index contributed by atoms with van der Waals surface area (Å²) < 4.78 is 0. The summed E-state index contributed by atoms with van der Waals surface area (Å²) in [5.41, 5.74) is 3.74. The van der Waals surface area contributed by atoms with Gasteiger partial charge in [-0.15, -0.1) is 139 Å². The molecule has 0 heterocycles. The van der Waals surface area contributed by atoms with Crippen LogP contribution in [0.15, 0.2) is 25.0 Å². The van der Waals surface area contributed by atoms with Gasteiger partial charge in [-0.25, -0.2) is 5.26 Å². The van der Waals surface area contributed by atoms with Gasteiger partial charge in [0.2, 0.25) is 0 Å². The van der Waals surface area contributed by atoms with Crippen molar-refractivity contribution in [2.24, 2.45) is 25.0 Å². The number of hydrogen-bond acceptors (Lipinski definition) is 6. The average molecular weight is 1020 g/mol. The van der Waals surface area contributed by atoms with Crippen LogP contribution in [0.25, 0.3) is 0 Å². The summed E-state index contributed by atoms with van der Waals surface area (Å²) in [5.74, 6) is 6.39. The van der Waals surface area contributed by atoms with Crippen LogP contribution in [0, 0.1) is 22.9 Å². The van der Waals surface area contributed by atoms with Crippen LogP contribution >= 0.6 is 133 Å². The number of rotatable bonds is 11. The highest BCUT2D eigenvalue weighted by molar-refractivity contribution is 7.69. The van der Waals surface area contributed by atoms with Crippen LogP contribution in [-0.2, 0) is 0 Å². The lowest BCUT2D eigenvalue weighted by Gasteiger charge is -2.29. The minimum atomic E-state index is -3.00. The van der Waals surface area contributed by atoms with Crippen LogP contribution in [0.3, 0.4) is 0 Å². The molecule has 0 saturated carbocycles. The standard InChI is InChI=1S/C13H25Cl4N3Si2.C8H16Cl4N2Si2.C4H3Cl4NSi2/c1-12(2,3)19-8-11(21(14,15)9-18-7)22(16,17)10-20-13(4,5)6;1-8(2,3)14-6-16(11,12)7-15(9,10)5-13-4;1-2-10(5,6)4-11(7,8)3-9/h8-11H,1-7H3;5-6H,7H2,1-4H3;1H,4H2. The van der Waals surface area contributed by atoms with Gasteiger partial charge < -0.3 is 9.98 Å². The van der Waals surface area contributed by atoms with Crippen molar-refractivity contribution in [2.75, 3.05) is 14.1 Å². The molecule has 6 nitrogen and oxygen atoms in total. The molecule has 49 heavy (non-hydrogen) atoms. The van der Waals surface area contributed by atoms with Crippen molar-refractivity contribution in [3.63, 3.8) is 0 Å². The first-order valence-electron chi connectivity index (χ1n) is 14.1. The number of terminal acetylenes is 1. The molecule has 0 aromatic rings. The third-order valence-corrected chi connectivity index (χ3v) is 37.7. The van der Waals surface area contributed by atoms with Gasteiger partial charge in [0.25, 0.3) is 26.8 Å². The van der Waals surface area contributed by atoms with Crippen LogP contribution in [-0.4, -0.2) is 100 Å². The summed E-state index contributed by atoms with van der Waals surface area (Å²) >= 11 is 73.6. The molecule has 0 aliphatic carbocycles. The Morgan fingerprint density at radius 3 is 1.29 bits per heavy atom. The van der Waals surface area contributed by atoms with Crippen LogP contribution in [0.2, 0.25) is 16.5 Å². The molecule has 0 rings (SSSR count). The van der Waals surface area contributed by atoms with E-state index in [2.05, 4.69) is 30.5 Å². The molecule has 0 amide bonds. The normalized spacial score (nSPS) is 15.3. The lowest BCUT2D eigenvalue weighted by Crippen LogP contribution is -2.46. The highest BCUT2D eigenvalue weighted by Gasteiger charge is 2.51. The molecule has 0 fully saturated rings. The fraction of sp³-hybridized carbons (Fsp3) is 0.680. The van der Waals surface area contributed by atoms with Gasteiger partial charge in [-0.3, -0.25) is 15.0 Å². The second-order valence-electron chi connectivity index (χ2n) is 13.4. The van der Waals surface area contributed by atoms with Gasteiger partial charge in [0.15, 0.2) is 0 Å². The van der Waals surface area contributed by atoms with Crippen molar-refractivity contribution in [1.82, 2.24) is 0 Å². The number of aliphatic imine (C=N–C) groups is 5. The second kappa shape index (κ2) is 22.7. The predicted octanol–water partition coefficient (Wildman–Crippen LogP) is 11.9. The molecule has 24 heteroatoms. The van der Waals surface area contributed by atoms with Gasteiger partial charge in [0.1, 0.15) is 0 Å². The predicted molar refractivity (Wildman–Crippen MR) is 246 cm³/mol. The fourth-order valence-corrected chi connectivity index (χ4v) is 44.4. The molecule has 0 aromatic carbocycles. The molecule has 282 valence electrons. The number of hydrogen-bond donors (Lipinski definition) is 0. The lowest BCUT2D eigenvalue weighted by molar-refractivity contribution is 0.585. The van der Waals surface area contributed by atoms with Gasteiger partial charge in [-0.2, -0.15) is 0 Å². The van der Waals surface area contributed by atoms with Gasteiger partial charge >= 0.3 is 13.4 Å². The van der Waals surface area contributed by atoms with Gasteiger partial charge in [0.05, 0.1) is 22.3 Å². The molecular formula is C25H44Cl12N6Si6. The molecule has 1 unspecified atom stereocenters. The highest BCUT2D eigenvalue weighted by Crippen LogP contribution is 2.39.